The standard InChI is InChI=1S/C21H25N5O3/c1-24(14-18-6-4-12-28-18)21(27)19-16-29-20(23-19)15-26-10-8-25(9-11-26)13-17-5-2-3-7-22-17/h2-7,12,16H,8-11,13-15H2,1H3. The van der Waals surface area contributed by atoms with Crippen LogP contribution >= 0.6 is 0 Å². The lowest BCUT2D eigenvalue weighted by atomic mass is 10.2. The maximum Gasteiger partial charge on any atom is 0.275 e. The molecule has 1 aliphatic heterocycles. The predicted octanol–water partition coefficient (Wildman–Crippen LogP) is 2.25. The summed E-state index contributed by atoms with van der Waals surface area (Å²) in [7, 11) is 1.72. The summed E-state index contributed by atoms with van der Waals surface area (Å²) in [5, 5.41) is 0. The SMILES string of the molecule is CN(Cc1ccco1)C(=O)c1coc(CN2CCN(Cc3ccccn3)CC2)n1. The molecule has 29 heavy (non-hydrogen) atoms. The van der Waals surface area contributed by atoms with Gasteiger partial charge in [-0.15, -0.1) is 0 Å². The highest BCUT2D eigenvalue weighted by Gasteiger charge is 2.21. The lowest BCUT2D eigenvalue weighted by Crippen LogP contribution is -2.45. The Bertz CT molecular complexity index is 902. The molecular formula is C21H25N5O3. The van der Waals surface area contributed by atoms with Crippen molar-refractivity contribution in [2.45, 2.75) is 19.6 Å². The number of piperazine rings is 1. The minimum absolute atomic E-state index is 0.184. The lowest BCUT2D eigenvalue weighted by molar-refractivity contribution is 0.0769. The number of carbonyl (C=O) groups is 1. The molecule has 1 saturated heterocycles. The summed E-state index contributed by atoms with van der Waals surface area (Å²) in [5.41, 5.74) is 1.42. The van der Waals surface area contributed by atoms with Crippen molar-refractivity contribution in [3.8, 4) is 0 Å². The molecule has 4 heterocycles. The van der Waals surface area contributed by atoms with Crippen molar-refractivity contribution in [3.05, 3.63) is 72.1 Å². The third-order valence-electron chi connectivity index (χ3n) is 5.03. The first-order valence-electron chi connectivity index (χ1n) is 9.74. The Hall–Kier alpha value is -2.97. The van der Waals surface area contributed by atoms with Crippen molar-refractivity contribution >= 4 is 5.91 Å². The second-order valence-corrected chi connectivity index (χ2v) is 7.24. The fraction of sp³-hybridized carbons (Fsp3) is 0.381. The average Bonchev–Trinajstić information content (AvgIpc) is 3.42. The maximum absolute atomic E-state index is 12.5. The summed E-state index contributed by atoms with van der Waals surface area (Å²) in [4.78, 5) is 27.6. The van der Waals surface area contributed by atoms with Gasteiger partial charge in [0.25, 0.3) is 5.91 Å². The van der Waals surface area contributed by atoms with Crippen LogP contribution in [0.2, 0.25) is 0 Å². The molecule has 0 saturated carbocycles. The lowest BCUT2D eigenvalue weighted by Gasteiger charge is -2.33. The van der Waals surface area contributed by atoms with E-state index in [1.54, 1.807) is 24.3 Å². The molecule has 0 bridgehead atoms. The van der Waals surface area contributed by atoms with Gasteiger partial charge in [-0.1, -0.05) is 6.07 Å². The quantitative estimate of drug-likeness (QED) is 0.607. The molecule has 0 radical (unpaired) electrons. The largest absolute Gasteiger partial charge is 0.467 e. The number of hydrogen-bond acceptors (Lipinski definition) is 7. The van der Waals surface area contributed by atoms with Crippen molar-refractivity contribution in [2.75, 3.05) is 33.2 Å². The molecule has 0 spiro atoms. The van der Waals surface area contributed by atoms with Crippen LogP contribution in [0.4, 0.5) is 0 Å². The Kier molecular flexibility index (Phi) is 6.02. The van der Waals surface area contributed by atoms with Crippen molar-refractivity contribution < 1.29 is 13.6 Å². The highest BCUT2D eigenvalue weighted by molar-refractivity contribution is 5.91. The van der Waals surface area contributed by atoms with E-state index >= 15 is 0 Å². The van der Waals surface area contributed by atoms with Gasteiger partial charge in [-0.2, -0.15) is 0 Å². The summed E-state index contributed by atoms with van der Waals surface area (Å²) in [6.45, 7) is 5.66. The third-order valence-corrected chi connectivity index (χ3v) is 5.03. The van der Waals surface area contributed by atoms with Crippen LogP contribution in [0.1, 0.15) is 27.8 Å². The molecule has 1 aliphatic rings. The zero-order chi connectivity index (χ0) is 20.1. The molecule has 0 aliphatic carbocycles. The van der Waals surface area contributed by atoms with Crippen molar-refractivity contribution in [1.29, 1.82) is 0 Å². The number of amides is 1. The molecule has 0 aromatic carbocycles. The van der Waals surface area contributed by atoms with E-state index in [2.05, 4.69) is 25.8 Å². The molecular weight excluding hydrogens is 370 g/mol. The average molecular weight is 395 g/mol. The zero-order valence-electron chi connectivity index (χ0n) is 16.5. The van der Waals surface area contributed by atoms with Crippen LogP contribution in [0, 0.1) is 0 Å². The molecule has 4 rings (SSSR count). The van der Waals surface area contributed by atoms with E-state index in [0.29, 0.717) is 24.7 Å². The molecule has 3 aromatic heterocycles. The molecule has 1 fully saturated rings. The number of pyridine rings is 1. The van der Waals surface area contributed by atoms with Crippen LogP contribution in [-0.4, -0.2) is 63.8 Å². The van der Waals surface area contributed by atoms with E-state index in [9.17, 15) is 4.79 Å². The molecule has 1 amide bonds. The van der Waals surface area contributed by atoms with Gasteiger partial charge < -0.3 is 13.7 Å². The summed E-state index contributed by atoms with van der Waals surface area (Å²) in [5.74, 6) is 1.11. The Labute approximate surface area is 169 Å². The van der Waals surface area contributed by atoms with Gasteiger partial charge in [0.15, 0.2) is 5.69 Å². The topological polar surface area (TPSA) is 78.9 Å². The highest BCUT2D eigenvalue weighted by atomic mass is 16.3. The number of nitrogens with zero attached hydrogens (tertiary/aromatic N) is 5. The van der Waals surface area contributed by atoms with Crippen LogP contribution in [0.25, 0.3) is 0 Å². The fourth-order valence-electron chi connectivity index (χ4n) is 3.40. The second-order valence-electron chi connectivity index (χ2n) is 7.24. The van der Waals surface area contributed by atoms with Crippen LogP contribution in [0.5, 0.6) is 0 Å². The normalized spacial score (nSPS) is 15.5. The van der Waals surface area contributed by atoms with Crippen LogP contribution in [0.15, 0.2) is 57.9 Å². The maximum atomic E-state index is 12.5. The van der Waals surface area contributed by atoms with Gasteiger partial charge >= 0.3 is 0 Å². The first kappa shape index (κ1) is 19.4. The Balaban J connectivity index is 1.26. The summed E-state index contributed by atoms with van der Waals surface area (Å²) in [6, 6.07) is 9.65. The minimum atomic E-state index is -0.184. The fourth-order valence-corrected chi connectivity index (χ4v) is 3.40. The highest BCUT2D eigenvalue weighted by Crippen LogP contribution is 2.13. The molecule has 0 unspecified atom stereocenters. The molecule has 0 atom stereocenters. The van der Waals surface area contributed by atoms with E-state index in [-0.39, 0.29) is 5.91 Å². The number of furan rings is 1. The first-order valence-corrected chi connectivity index (χ1v) is 9.74. The molecule has 8 nitrogen and oxygen atoms in total. The van der Waals surface area contributed by atoms with E-state index in [4.69, 9.17) is 8.83 Å². The van der Waals surface area contributed by atoms with Gasteiger partial charge in [0, 0.05) is 46.0 Å². The van der Waals surface area contributed by atoms with Crippen LogP contribution in [-0.2, 0) is 19.6 Å². The van der Waals surface area contributed by atoms with Gasteiger partial charge in [-0.25, -0.2) is 4.98 Å². The van der Waals surface area contributed by atoms with Crippen molar-refractivity contribution in [3.63, 3.8) is 0 Å². The molecule has 3 aromatic rings. The summed E-state index contributed by atoms with van der Waals surface area (Å²) < 4.78 is 10.8. The predicted molar refractivity (Wildman–Crippen MR) is 106 cm³/mol. The summed E-state index contributed by atoms with van der Waals surface area (Å²) in [6.07, 6.45) is 4.87. The van der Waals surface area contributed by atoms with Gasteiger partial charge in [-0.3, -0.25) is 19.6 Å². The number of aromatic nitrogens is 2. The summed E-state index contributed by atoms with van der Waals surface area (Å²) >= 11 is 0. The molecule has 0 N–H and O–H groups in total. The smallest absolute Gasteiger partial charge is 0.275 e. The van der Waals surface area contributed by atoms with Crippen molar-refractivity contribution in [2.24, 2.45) is 0 Å². The molecule has 8 heteroatoms. The third kappa shape index (κ3) is 5.10. The number of rotatable bonds is 7. The Morgan fingerprint density at radius 1 is 1.07 bits per heavy atom. The van der Waals surface area contributed by atoms with Gasteiger partial charge in [0.05, 0.1) is 25.0 Å². The van der Waals surface area contributed by atoms with E-state index < -0.39 is 0 Å². The Morgan fingerprint density at radius 3 is 2.55 bits per heavy atom. The van der Waals surface area contributed by atoms with Crippen molar-refractivity contribution in [1.82, 2.24) is 24.7 Å². The second kappa shape index (κ2) is 9.02. The minimum Gasteiger partial charge on any atom is -0.467 e. The van der Waals surface area contributed by atoms with E-state index in [0.717, 1.165) is 44.2 Å². The number of oxazole rings is 1. The van der Waals surface area contributed by atoms with Crippen LogP contribution in [0.3, 0.4) is 0 Å². The van der Waals surface area contributed by atoms with E-state index in [1.807, 2.05) is 24.4 Å². The number of carbonyl (C=O) groups excluding carboxylic acids is 1. The Morgan fingerprint density at radius 2 is 1.86 bits per heavy atom. The monoisotopic (exact) mass is 395 g/mol. The van der Waals surface area contributed by atoms with E-state index in [1.165, 1.54) is 6.26 Å². The molecule has 152 valence electrons. The van der Waals surface area contributed by atoms with Gasteiger partial charge in [-0.05, 0) is 24.3 Å². The first-order chi connectivity index (χ1) is 14.2. The zero-order valence-corrected chi connectivity index (χ0v) is 16.5. The number of hydrogen-bond donors (Lipinski definition) is 0. The van der Waals surface area contributed by atoms with Gasteiger partial charge in [0.1, 0.15) is 12.0 Å². The van der Waals surface area contributed by atoms with Gasteiger partial charge in [0.2, 0.25) is 5.89 Å². The van der Waals surface area contributed by atoms with Crippen LogP contribution < -0.4 is 0 Å².